The van der Waals surface area contributed by atoms with Crippen molar-refractivity contribution in [2.75, 3.05) is 0 Å². The Bertz CT molecular complexity index is 647. The molecular weight excluding hydrogens is 206 g/mol. The number of benzene rings is 2. The lowest BCUT2D eigenvalue weighted by Crippen LogP contribution is -1.73. The van der Waals surface area contributed by atoms with Crippen LogP contribution in [0.4, 0.5) is 0 Å². The van der Waals surface area contributed by atoms with E-state index in [9.17, 15) is 0 Å². The Kier molecular flexibility index (Phi) is 2.51. The molecule has 1 heteroatoms. The second-order valence-corrected chi connectivity index (χ2v) is 4.07. The van der Waals surface area contributed by atoms with Gasteiger partial charge in [-0.25, -0.2) is 0 Å². The molecule has 0 aliphatic heterocycles. The fraction of sp³-hybridized carbons (Fsp3) is 0. The lowest BCUT2D eigenvalue weighted by atomic mass is 10.1. The van der Waals surface area contributed by atoms with Crippen molar-refractivity contribution >= 4 is 23.1 Å². The Morgan fingerprint density at radius 3 is 2.47 bits per heavy atom. The van der Waals surface area contributed by atoms with E-state index >= 15 is 0 Å². The summed E-state index contributed by atoms with van der Waals surface area (Å²) in [4.78, 5) is 3.20. The van der Waals surface area contributed by atoms with Gasteiger partial charge in [-0.1, -0.05) is 48.6 Å². The van der Waals surface area contributed by atoms with E-state index in [0.717, 1.165) is 0 Å². The number of rotatable bonds is 2. The zero-order valence-corrected chi connectivity index (χ0v) is 9.43. The molecule has 2 aromatic carbocycles. The molecule has 3 rings (SSSR count). The number of aromatic nitrogens is 1. The number of hydrogen-bond acceptors (Lipinski definition) is 0. The van der Waals surface area contributed by atoms with E-state index in [-0.39, 0.29) is 0 Å². The van der Waals surface area contributed by atoms with Gasteiger partial charge < -0.3 is 4.98 Å². The van der Waals surface area contributed by atoms with Crippen molar-refractivity contribution in [1.82, 2.24) is 4.98 Å². The lowest BCUT2D eigenvalue weighted by molar-refractivity contribution is 1.48. The molecule has 0 amide bonds. The monoisotopic (exact) mass is 219 g/mol. The summed E-state index contributed by atoms with van der Waals surface area (Å²) >= 11 is 0. The van der Waals surface area contributed by atoms with E-state index in [2.05, 4.69) is 65.7 Å². The zero-order valence-electron chi connectivity index (χ0n) is 9.43. The molecule has 1 nitrogen and oxygen atoms in total. The fourth-order valence-corrected chi connectivity index (χ4v) is 1.93. The minimum absolute atomic E-state index is 1.18. The second-order valence-electron chi connectivity index (χ2n) is 4.07. The van der Waals surface area contributed by atoms with Gasteiger partial charge >= 0.3 is 0 Å². The largest absolute Gasteiger partial charge is 0.361 e. The smallest absolute Gasteiger partial charge is 0.0454 e. The minimum Gasteiger partial charge on any atom is -0.361 e. The van der Waals surface area contributed by atoms with Crippen molar-refractivity contribution in [3.8, 4) is 0 Å². The van der Waals surface area contributed by atoms with Gasteiger partial charge in [-0.15, -0.1) is 0 Å². The normalized spacial score (nSPS) is 11.3. The third-order valence-electron chi connectivity index (χ3n) is 2.85. The highest BCUT2D eigenvalue weighted by molar-refractivity contribution is 5.83. The molecular formula is C16H13N. The Morgan fingerprint density at radius 1 is 0.765 bits per heavy atom. The first kappa shape index (κ1) is 9.91. The van der Waals surface area contributed by atoms with E-state index in [1.165, 1.54) is 22.0 Å². The molecule has 0 radical (unpaired) electrons. The molecule has 0 saturated heterocycles. The first-order valence-electron chi connectivity index (χ1n) is 5.72. The summed E-state index contributed by atoms with van der Waals surface area (Å²) in [6.07, 6.45) is 6.24. The molecule has 0 fully saturated rings. The number of hydrogen-bond donors (Lipinski definition) is 1. The van der Waals surface area contributed by atoms with Crippen LogP contribution >= 0.6 is 0 Å². The summed E-state index contributed by atoms with van der Waals surface area (Å²) in [6, 6.07) is 18.8. The molecule has 82 valence electrons. The third kappa shape index (κ3) is 2.13. The van der Waals surface area contributed by atoms with E-state index in [1.54, 1.807) is 0 Å². The molecule has 0 saturated carbocycles. The van der Waals surface area contributed by atoms with E-state index in [4.69, 9.17) is 0 Å². The summed E-state index contributed by atoms with van der Waals surface area (Å²) in [7, 11) is 0. The highest BCUT2D eigenvalue weighted by Gasteiger charge is 1.94. The van der Waals surface area contributed by atoms with Gasteiger partial charge in [0.25, 0.3) is 0 Å². The van der Waals surface area contributed by atoms with Gasteiger partial charge in [-0.3, -0.25) is 0 Å². The maximum Gasteiger partial charge on any atom is 0.0454 e. The maximum atomic E-state index is 3.20. The van der Waals surface area contributed by atoms with Gasteiger partial charge in [-0.2, -0.15) is 0 Å². The number of H-pyrrole nitrogens is 1. The Balaban J connectivity index is 1.92. The highest BCUT2D eigenvalue weighted by Crippen LogP contribution is 2.16. The summed E-state index contributed by atoms with van der Waals surface area (Å²) in [5.41, 5.74) is 3.63. The van der Waals surface area contributed by atoms with Gasteiger partial charge in [0.15, 0.2) is 0 Å². The molecule has 0 spiro atoms. The Labute approximate surface area is 100 Å². The molecule has 0 aliphatic carbocycles. The SMILES string of the molecule is C(=C\c1ccc2[nH]ccc2c1)/c1ccccc1. The fourth-order valence-electron chi connectivity index (χ4n) is 1.93. The average Bonchev–Trinajstić information content (AvgIpc) is 2.85. The predicted molar refractivity (Wildman–Crippen MR) is 73.7 cm³/mol. The average molecular weight is 219 g/mol. The quantitative estimate of drug-likeness (QED) is 0.617. The van der Waals surface area contributed by atoms with Gasteiger partial charge in [0.2, 0.25) is 0 Å². The van der Waals surface area contributed by atoms with Crippen LogP contribution in [-0.2, 0) is 0 Å². The van der Waals surface area contributed by atoms with Crippen LogP contribution in [0.1, 0.15) is 11.1 Å². The van der Waals surface area contributed by atoms with Crippen LogP contribution < -0.4 is 0 Å². The van der Waals surface area contributed by atoms with Crippen LogP contribution in [0.25, 0.3) is 23.1 Å². The summed E-state index contributed by atoms with van der Waals surface area (Å²) in [5.74, 6) is 0. The highest BCUT2D eigenvalue weighted by atomic mass is 14.7. The van der Waals surface area contributed by atoms with Gasteiger partial charge in [0, 0.05) is 11.7 Å². The van der Waals surface area contributed by atoms with Crippen LogP contribution in [0.5, 0.6) is 0 Å². The van der Waals surface area contributed by atoms with Crippen LogP contribution in [0, 0.1) is 0 Å². The summed E-state index contributed by atoms with van der Waals surface area (Å²) in [6.45, 7) is 0. The van der Waals surface area contributed by atoms with Gasteiger partial charge in [0.05, 0.1) is 0 Å². The maximum absolute atomic E-state index is 3.20. The van der Waals surface area contributed by atoms with Crippen LogP contribution in [0.15, 0.2) is 60.8 Å². The van der Waals surface area contributed by atoms with E-state index in [1.807, 2.05) is 12.3 Å². The molecule has 0 atom stereocenters. The zero-order chi connectivity index (χ0) is 11.5. The van der Waals surface area contributed by atoms with Crippen molar-refractivity contribution in [3.05, 3.63) is 71.9 Å². The van der Waals surface area contributed by atoms with Crippen molar-refractivity contribution < 1.29 is 0 Å². The van der Waals surface area contributed by atoms with Crippen molar-refractivity contribution in [2.45, 2.75) is 0 Å². The summed E-state index contributed by atoms with van der Waals surface area (Å²) in [5, 5.41) is 1.25. The molecule has 0 unspecified atom stereocenters. The van der Waals surface area contributed by atoms with Gasteiger partial charge in [0.1, 0.15) is 0 Å². The molecule has 0 bridgehead atoms. The van der Waals surface area contributed by atoms with Gasteiger partial charge in [-0.05, 0) is 34.7 Å². The van der Waals surface area contributed by atoms with E-state index < -0.39 is 0 Å². The second kappa shape index (κ2) is 4.30. The van der Waals surface area contributed by atoms with Crippen LogP contribution in [0.2, 0.25) is 0 Å². The molecule has 3 aromatic rings. The predicted octanol–water partition coefficient (Wildman–Crippen LogP) is 4.34. The Morgan fingerprint density at radius 2 is 1.59 bits per heavy atom. The molecule has 0 aliphatic rings. The summed E-state index contributed by atoms with van der Waals surface area (Å²) < 4.78 is 0. The lowest BCUT2D eigenvalue weighted by Gasteiger charge is -1.95. The molecule has 1 heterocycles. The first-order valence-corrected chi connectivity index (χ1v) is 5.72. The van der Waals surface area contributed by atoms with Crippen molar-refractivity contribution in [1.29, 1.82) is 0 Å². The number of aromatic amines is 1. The molecule has 1 aromatic heterocycles. The molecule has 1 N–H and O–H groups in total. The number of fused-ring (bicyclic) bond motifs is 1. The minimum atomic E-state index is 1.18. The third-order valence-corrected chi connectivity index (χ3v) is 2.85. The number of nitrogens with one attached hydrogen (secondary N) is 1. The first-order chi connectivity index (χ1) is 8.42. The Hall–Kier alpha value is -2.28. The molecule has 17 heavy (non-hydrogen) atoms. The van der Waals surface area contributed by atoms with Crippen LogP contribution in [-0.4, -0.2) is 4.98 Å². The van der Waals surface area contributed by atoms with Crippen LogP contribution in [0.3, 0.4) is 0 Å². The van der Waals surface area contributed by atoms with Crippen molar-refractivity contribution in [2.24, 2.45) is 0 Å². The topological polar surface area (TPSA) is 15.8 Å². The van der Waals surface area contributed by atoms with E-state index in [0.29, 0.717) is 0 Å². The van der Waals surface area contributed by atoms with Crippen molar-refractivity contribution in [3.63, 3.8) is 0 Å². The standard InChI is InChI=1S/C16H13N/c1-2-4-13(5-3-1)6-7-14-8-9-16-15(12-14)10-11-17-16/h1-12,17H/b7-6+.